The van der Waals surface area contributed by atoms with Crippen LogP contribution >= 0.6 is 0 Å². The maximum Gasteiger partial charge on any atom is 0.410 e. The minimum absolute atomic E-state index is 0.0339. The summed E-state index contributed by atoms with van der Waals surface area (Å²) in [4.78, 5) is 23.5. The van der Waals surface area contributed by atoms with Gasteiger partial charge in [-0.2, -0.15) is 5.10 Å². The second kappa shape index (κ2) is 5.66. The Morgan fingerprint density at radius 1 is 1.50 bits per heavy atom. The summed E-state index contributed by atoms with van der Waals surface area (Å²) in [5, 5.41) is 3.81. The van der Waals surface area contributed by atoms with Gasteiger partial charge in [0.2, 0.25) is 0 Å². The normalized spacial score (nSPS) is 21.5. The van der Waals surface area contributed by atoms with Crippen molar-refractivity contribution in [2.24, 2.45) is 0 Å². The van der Waals surface area contributed by atoms with Gasteiger partial charge in [0.25, 0.3) is 5.92 Å². The second-order valence-corrected chi connectivity index (χ2v) is 6.34. The van der Waals surface area contributed by atoms with Gasteiger partial charge in [-0.25, -0.2) is 13.6 Å². The van der Waals surface area contributed by atoms with E-state index in [9.17, 15) is 18.4 Å². The van der Waals surface area contributed by atoms with E-state index >= 15 is 0 Å². The van der Waals surface area contributed by atoms with E-state index < -0.39 is 30.2 Å². The number of likely N-dealkylation sites (tertiary alicyclic amines) is 1. The Kier molecular flexibility index (Phi) is 4.21. The smallest absolute Gasteiger partial charge is 0.410 e. The molecule has 1 fully saturated rings. The first-order valence-electron chi connectivity index (χ1n) is 6.97. The van der Waals surface area contributed by atoms with Gasteiger partial charge in [0, 0.05) is 12.7 Å². The lowest BCUT2D eigenvalue weighted by Crippen LogP contribution is -2.52. The topological polar surface area (TPSA) is 64.4 Å². The third-order valence-corrected chi connectivity index (χ3v) is 3.29. The largest absolute Gasteiger partial charge is 0.444 e. The molecule has 0 saturated carbocycles. The molecule has 6 nitrogen and oxygen atoms in total. The van der Waals surface area contributed by atoms with Crippen molar-refractivity contribution in [2.75, 3.05) is 13.1 Å². The van der Waals surface area contributed by atoms with Gasteiger partial charge in [-0.15, -0.1) is 0 Å². The highest BCUT2D eigenvalue weighted by molar-refractivity contribution is 5.73. The molecule has 1 amide bonds. The Hall–Kier alpha value is -1.99. The predicted octanol–water partition coefficient (Wildman–Crippen LogP) is 2.51. The lowest BCUT2D eigenvalue weighted by atomic mass is 10.0. The number of rotatable bonds is 2. The molecule has 1 aliphatic heterocycles. The summed E-state index contributed by atoms with van der Waals surface area (Å²) in [5.74, 6) is -3.15. The van der Waals surface area contributed by atoms with Gasteiger partial charge in [0.15, 0.2) is 6.29 Å². The fourth-order valence-corrected chi connectivity index (χ4v) is 2.32. The highest BCUT2D eigenvalue weighted by Gasteiger charge is 2.48. The molecule has 1 aromatic heterocycles. The van der Waals surface area contributed by atoms with E-state index in [0.29, 0.717) is 6.29 Å². The van der Waals surface area contributed by atoms with E-state index in [2.05, 4.69) is 5.10 Å². The molecule has 0 radical (unpaired) electrons. The average molecular weight is 315 g/mol. The third-order valence-electron chi connectivity index (χ3n) is 3.29. The number of nitrogens with zero attached hydrogens (tertiary/aromatic N) is 3. The van der Waals surface area contributed by atoms with Crippen molar-refractivity contribution < 1.29 is 23.1 Å². The lowest BCUT2D eigenvalue weighted by Gasteiger charge is -2.38. The molecule has 1 aliphatic rings. The Labute approximate surface area is 127 Å². The number of halogens is 2. The molecule has 0 bridgehead atoms. The molecular weight excluding hydrogens is 296 g/mol. The van der Waals surface area contributed by atoms with Crippen molar-refractivity contribution in [1.82, 2.24) is 14.7 Å². The zero-order chi connectivity index (χ0) is 16.5. The standard InChI is InChI=1S/C14H19F2N3O3/c1-13(2,3)22-12(21)18-5-4-11(14(15,16)9-18)19-7-10(8-20)6-17-19/h6-8,11H,4-5,9H2,1-3H3. The van der Waals surface area contributed by atoms with Crippen molar-refractivity contribution >= 4 is 12.4 Å². The lowest BCUT2D eigenvalue weighted by molar-refractivity contribution is -0.106. The number of hydrogen-bond donors (Lipinski definition) is 0. The second-order valence-electron chi connectivity index (χ2n) is 6.34. The summed E-state index contributed by atoms with van der Waals surface area (Å²) < 4.78 is 34.8. The molecule has 1 aromatic rings. The number of amides is 1. The van der Waals surface area contributed by atoms with Crippen molar-refractivity contribution in [3.05, 3.63) is 18.0 Å². The first-order valence-corrected chi connectivity index (χ1v) is 6.97. The summed E-state index contributed by atoms with van der Waals surface area (Å²) in [5.41, 5.74) is -0.491. The molecular formula is C14H19F2N3O3. The molecule has 1 saturated heterocycles. The molecule has 0 aliphatic carbocycles. The van der Waals surface area contributed by atoms with Crippen LogP contribution in [0.2, 0.25) is 0 Å². The first kappa shape index (κ1) is 16.4. The van der Waals surface area contributed by atoms with Crippen LogP contribution in [0.15, 0.2) is 12.4 Å². The summed E-state index contributed by atoms with van der Waals surface area (Å²) in [6, 6.07) is -1.18. The number of carbonyl (C=O) groups excluding carboxylic acids is 2. The number of aldehydes is 1. The highest BCUT2D eigenvalue weighted by atomic mass is 19.3. The number of hydrogen-bond acceptors (Lipinski definition) is 4. The Bertz CT molecular complexity index is 566. The summed E-state index contributed by atoms with van der Waals surface area (Å²) in [6.07, 6.45) is 2.36. The van der Waals surface area contributed by atoms with Gasteiger partial charge >= 0.3 is 6.09 Å². The minimum Gasteiger partial charge on any atom is -0.444 e. The van der Waals surface area contributed by atoms with E-state index in [4.69, 9.17) is 4.74 Å². The van der Waals surface area contributed by atoms with E-state index in [1.165, 1.54) is 12.4 Å². The maximum atomic E-state index is 14.3. The zero-order valence-corrected chi connectivity index (χ0v) is 12.8. The summed E-state index contributed by atoms with van der Waals surface area (Å²) in [7, 11) is 0. The van der Waals surface area contributed by atoms with Gasteiger partial charge < -0.3 is 9.64 Å². The van der Waals surface area contributed by atoms with Crippen LogP contribution in [0.3, 0.4) is 0 Å². The molecule has 2 heterocycles. The molecule has 0 aromatic carbocycles. The van der Waals surface area contributed by atoms with Crippen LogP contribution in [0.4, 0.5) is 13.6 Å². The van der Waals surface area contributed by atoms with Crippen molar-refractivity contribution in [1.29, 1.82) is 0 Å². The van der Waals surface area contributed by atoms with Crippen LogP contribution in [0.1, 0.15) is 43.6 Å². The number of alkyl halides is 2. The minimum atomic E-state index is -3.15. The number of carbonyl (C=O) groups is 2. The van der Waals surface area contributed by atoms with Gasteiger partial charge in [0.1, 0.15) is 11.6 Å². The van der Waals surface area contributed by atoms with Crippen LogP contribution in [0.5, 0.6) is 0 Å². The van der Waals surface area contributed by atoms with Crippen LogP contribution in [-0.2, 0) is 4.74 Å². The average Bonchev–Trinajstić information content (AvgIpc) is 2.83. The van der Waals surface area contributed by atoms with Crippen LogP contribution in [0.25, 0.3) is 0 Å². The van der Waals surface area contributed by atoms with Gasteiger partial charge in [-0.3, -0.25) is 9.48 Å². The molecule has 8 heteroatoms. The summed E-state index contributed by atoms with van der Waals surface area (Å²) in [6.45, 7) is 4.45. The van der Waals surface area contributed by atoms with Gasteiger partial charge in [-0.1, -0.05) is 0 Å². The Balaban J connectivity index is 2.09. The zero-order valence-electron chi connectivity index (χ0n) is 12.8. The number of piperidine rings is 1. The van der Waals surface area contributed by atoms with E-state index in [0.717, 1.165) is 9.58 Å². The van der Waals surface area contributed by atoms with Gasteiger partial charge in [0.05, 0.1) is 18.3 Å². The SMILES string of the molecule is CC(C)(C)OC(=O)N1CCC(n2cc(C=O)cn2)C(F)(F)C1. The highest BCUT2D eigenvalue weighted by Crippen LogP contribution is 2.36. The fraction of sp³-hybridized carbons (Fsp3) is 0.643. The van der Waals surface area contributed by atoms with E-state index in [1.54, 1.807) is 20.8 Å². The van der Waals surface area contributed by atoms with Crippen molar-refractivity contribution in [3.63, 3.8) is 0 Å². The number of aromatic nitrogens is 2. The van der Waals surface area contributed by atoms with Gasteiger partial charge in [-0.05, 0) is 27.2 Å². The monoisotopic (exact) mass is 315 g/mol. The molecule has 22 heavy (non-hydrogen) atoms. The molecule has 2 rings (SSSR count). The van der Waals surface area contributed by atoms with Crippen LogP contribution < -0.4 is 0 Å². The molecule has 1 atom stereocenters. The molecule has 122 valence electrons. The van der Waals surface area contributed by atoms with Crippen LogP contribution in [-0.4, -0.2) is 51.7 Å². The molecule has 0 N–H and O–H groups in total. The van der Waals surface area contributed by atoms with E-state index in [1.807, 2.05) is 0 Å². The van der Waals surface area contributed by atoms with Crippen molar-refractivity contribution in [3.8, 4) is 0 Å². The van der Waals surface area contributed by atoms with E-state index in [-0.39, 0.29) is 18.5 Å². The summed E-state index contributed by atoms with van der Waals surface area (Å²) >= 11 is 0. The molecule has 0 spiro atoms. The fourth-order valence-electron chi connectivity index (χ4n) is 2.32. The van der Waals surface area contributed by atoms with Crippen molar-refractivity contribution in [2.45, 2.75) is 44.8 Å². The third kappa shape index (κ3) is 3.61. The first-order chi connectivity index (χ1) is 10.1. The van der Waals surface area contributed by atoms with Crippen LogP contribution in [0, 0.1) is 0 Å². The molecule has 1 unspecified atom stereocenters. The quantitative estimate of drug-likeness (QED) is 0.787. The Morgan fingerprint density at radius 2 is 2.18 bits per heavy atom. The maximum absolute atomic E-state index is 14.3. The number of ether oxygens (including phenoxy) is 1. The predicted molar refractivity (Wildman–Crippen MR) is 74.0 cm³/mol. The Morgan fingerprint density at radius 3 is 2.68 bits per heavy atom.